The number of pyridine rings is 1. The van der Waals surface area contributed by atoms with Gasteiger partial charge in [0.15, 0.2) is 5.78 Å². The zero-order valence-electron chi connectivity index (χ0n) is 8.06. The molecule has 0 bridgehead atoms. The van der Waals surface area contributed by atoms with E-state index in [-0.39, 0.29) is 18.2 Å². The Morgan fingerprint density at radius 1 is 1.50 bits per heavy atom. The highest BCUT2D eigenvalue weighted by atomic mass is 35.5. The molecule has 0 N–H and O–H groups in total. The van der Waals surface area contributed by atoms with Gasteiger partial charge in [0.05, 0.1) is 19.0 Å². The Labute approximate surface area is 89.2 Å². The van der Waals surface area contributed by atoms with Gasteiger partial charge in [0, 0.05) is 0 Å². The lowest BCUT2D eigenvalue weighted by Crippen LogP contribution is -1.86. The molecule has 0 aliphatic carbocycles. The molecule has 3 nitrogen and oxygen atoms in total. The quantitative estimate of drug-likeness (QED) is 0.722. The highest BCUT2D eigenvalue weighted by Crippen LogP contribution is 2.08. The lowest BCUT2D eigenvalue weighted by molar-refractivity contribution is -0.112. The van der Waals surface area contributed by atoms with Gasteiger partial charge in [-0.15, -0.1) is 12.4 Å². The number of halogens is 1. The molecule has 0 radical (unpaired) electrons. The van der Waals surface area contributed by atoms with Crippen LogP contribution in [0, 0.1) is 0 Å². The number of carbonyl (C=O) groups excluding carboxylic acids is 1. The summed E-state index contributed by atoms with van der Waals surface area (Å²) in [7, 11) is 1.59. The molecular formula is C10H12ClNO2. The summed E-state index contributed by atoms with van der Waals surface area (Å²) < 4.78 is 4.94. The fourth-order valence-corrected chi connectivity index (χ4v) is 0.814. The van der Waals surface area contributed by atoms with Crippen LogP contribution in [0.3, 0.4) is 0 Å². The van der Waals surface area contributed by atoms with Crippen molar-refractivity contribution in [3.05, 3.63) is 30.1 Å². The number of carbonyl (C=O) groups is 1. The van der Waals surface area contributed by atoms with E-state index in [2.05, 4.69) is 4.98 Å². The van der Waals surface area contributed by atoms with E-state index < -0.39 is 0 Å². The number of methoxy groups -OCH3 is 1. The Morgan fingerprint density at radius 2 is 2.21 bits per heavy atom. The van der Waals surface area contributed by atoms with Crippen LogP contribution < -0.4 is 4.74 Å². The predicted octanol–water partition coefficient (Wildman–Crippen LogP) is 2.11. The van der Waals surface area contributed by atoms with Crippen molar-refractivity contribution in [1.29, 1.82) is 0 Å². The first-order valence-corrected chi connectivity index (χ1v) is 3.91. The molecular weight excluding hydrogens is 202 g/mol. The van der Waals surface area contributed by atoms with E-state index in [0.717, 1.165) is 5.69 Å². The standard InChI is InChI=1S/C10H11NO2.ClH/c1-8(12)3-4-9-5-6-10(13-2)7-11-9;/h3-7H,1-2H3;1H. The molecule has 0 atom stereocenters. The van der Waals surface area contributed by atoms with Crippen LogP contribution >= 0.6 is 12.4 Å². The van der Waals surface area contributed by atoms with Crippen molar-refractivity contribution in [2.24, 2.45) is 0 Å². The first-order valence-electron chi connectivity index (χ1n) is 3.91. The summed E-state index contributed by atoms with van der Waals surface area (Å²) in [5.41, 5.74) is 0.746. The van der Waals surface area contributed by atoms with Gasteiger partial charge in [-0.25, -0.2) is 0 Å². The Kier molecular flexibility index (Phi) is 5.56. The molecule has 0 aliphatic rings. The molecule has 1 aromatic rings. The molecule has 14 heavy (non-hydrogen) atoms. The summed E-state index contributed by atoms with van der Waals surface area (Å²) in [6.07, 6.45) is 4.76. The molecule has 0 unspecified atom stereocenters. The van der Waals surface area contributed by atoms with E-state index in [1.54, 1.807) is 31.5 Å². The minimum Gasteiger partial charge on any atom is -0.495 e. The molecule has 0 aliphatic heterocycles. The minimum absolute atomic E-state index is 0. The van der Waals surface area contributed by atoms with Gasteiger partial charge in [-0.1, -0.05) is 0 Å². The monoisotopic (exact) mass is 213 g/mol. The first-order chi connectivity index (χ1) is 6.22. The smallest absolute Gasteiger partial charge is 0.152 e. The molecule has 0 saturated heterocycles. The highest BCUT2D eigenvalue weighted by Gasteiger charge is 1.91. The number of aromatic nitrogens is 1. The van der Waals surface area contributed by atoms with Crippen LogP contribution in [0.4, 0.5) is 0 Å². The second-order valence-corrected chi connectivity index (χ2v) is 2.57. The van der Waals surface area contributed by atoms with Gasteiger partial charge in [0.1, 0.15) is 5.75 Å². The van der Waals surface area contributed by atoms with E-state index in [0.29, 0.717) is 5.75 Å². The molecule has 4 heteroatoms. The Balaban J connectivity index is 0.00000169. The SMILES string of the molecule is COc1ccc(C=CC(C)=O)nc1.Cl. The number of nitrogens with zero attached hydrogens (tertiary/aromatic N) is 1. The van der Waals surface area contributed by atoms with Gasteiger partial charge in [-0.3, -0.25) is 9.78 Å². The van der Waals surface area contributed by atoms with Crippen molar-refractivity contribution >= 4 is 24.3 Å². The van der Waals surface area contributed by atoms with Crippen LogP contribution in [0.1, 0.15) is 12.6 Å². The summed E-state index contributed by atoms with van der Waals surface area (Å²) in [5.74, 6) is 0.720. The van der Waals surface area contributed by atoms with Crippen molar-refractivity contribution in [2.45, 2.75) is 6.92 Å². The number of ketones is 1. The third-order valence-corrected chi connectivity index (χ3v) is 1.48. The highest BCUT2D eigenvalue weighted by molar-refractivity contribution is 5.91. The summed E-state index contributed by atoms with van der Waals surface area (Å²) >= 11 is 0. The first kappa shape index (κ1) is 12.7. The topological polar surface area (TPSA) is 39.2 Å². The number of rotatable bonds is 3. The van der Waals surface area contributed by atoms with Crippen molar-refractivity contribution in [1.82, 2.24) is 4.98 Å². The second kappa shape index (κ2) is 6.16. The molecule has 0 saturated carbocycles. The number of allylic oxidation sites excluding steroid dienone is 1. The molecule has 1 aromatic heterocycles. The van der Waals surface area contributed by atoms with Gasteiger partial charge in [-0.05, 0) is 31.2 Å². The van der Waals surface area contributed by atoms with Crippen molar-refractivity contribution in [3.8, 4) is 5.75 Å². The van der Waals surface area contributed by atoms with E-state index in [9.17, 15) is 4.79 Å². The number of ether oxygens (including phenoxy) is 1. The molecule has 76 valence electrons. The van der Waals surface area contributed by atoms with E-state index >= 15 is 0 Å². The normalized spacial score (nSPS) is 9.57. The summed E-state index contributed by atoms with van der Waals surface area (Å²) in [5, 5.41) is 0. The van der Waals surface area contributed by atoms with Gasteiger partial charge in [0.25, 0.3) is 0 Å². The summed E-state index contributed by atoms with van der Waals surface area (Å²) in [6, 6.07) is 3.59. The predicted molar refractivity (Wildman–Crippen MR) is 57.8 cm³/mol. The van der Waals surface area contributed by atoms with E-state index in [1.165, 1.54) is 13.0 Å². The maximum atomic E-state index is 10.6. The third-order valence-electron chi connectivity index (χ3n) is 1.48. The zero-order valence-corrected chi connectivity index (χ0v) is 8.88. The molecule has 0 spiro atoms. The van der Waals surface area contributed by atoms with Crippen LogP contribution in [0.5, 0.6) is 5.75 Å². The van der Waals surface area contributed by atoms with E-state index in [1.807, 2.05) is 0 Å². The fourth-order valence-electron chi connectivity index (χ4n) is 0.814. The summed E-state index contributed by atoms with van der Waals surface area (Å²) in [4.78, 5) is 14.7. The van der Waals surface area contributed by atoms with Crippen LogP contribution in [0.25, 0.3) is 6.08 Å². The second-order valence-electron chi connectivity index (χ2n) is 2.57. The van der Waals surface area contributed by atoms with Gasteiger partial charge in [-0.2, -0.15) is 0 Å². The Morgan fingerprint density at radius 3 is 2.64 bits per heavy atom. The average molecular weight is 214 g/mol. The molecule has 1 heterocycles. The van der Waals surface area contributed by atoms with Gasteiger partial charge < -0.3 is 4.74 Å². The minimum atomic E-state index is 0. The lowest BCUT2D eigenvalue weighted by Gasteiger charge is -1.97. The summed E-state index contributed by atoms with van der Waals surface area (Å²) in [6.45, 7) is 1.50. The molecule has 0 amide bonds. The van der Waals surface area contributed by atoms with E-state index in [4.69, 9.17) is 4.74 Å². The van der Waals surface area contributed by atoms with Crippen molar-refractivity contribution in [3.63, 3.8) is 0 Å². The Bertz CT molecular complexity index is 319. The van der Waals surface area contributed by atoms with Gasteiger partial charge >= 0.3 is 0 Å². The van der Waals surface area contributed by atoms with Crippen LogP contribution in [0.15, 0.2) is 24.4 Å². The van der Waals surface area contributed by atoms with Crippen molar-refractivity contribution in [2.75, 3.05) is 7.11 Å². The largest absolute Gasteiger partial charge is 0.495 e. The lowest BCUT2D eigenvalue weighted by atomic mass is 10.3. The zero-order chi connectivity index (χ0) is 9.68. The molecule has 1 rings (SSSR count). The maximum absolute atomic E-state index is 10.6. The van der Waals surface area contributed by atoms with Crippen LogP contribution in [-0.2, 0) is 4.79 Å². The third kappa shape index (κ3) is 4.05. The maximum Gasteiger partial charge on any atom is 0.152 e. The Hall–Kier alpha value is -1.35. The van der Waals surface area contributed by atoms with Gasteiger partial charge in [0.2, 0.25) is 0 Å². The fraction of sp³-hybridized carbons (Fsp3) is 0.200. The van der Waals surface area contributed by atoms with Crippen LogP contribution in [0.2, 0.25) is 0 Å². The van der Waals surface area contributed by atoms with Crippen molar-refractivity contribution < 1.29 is 9.53 Å². The number of hydrogen-bond acceptors (Lipinski definition) is 3. The number of hydrogen-bond donors (Lipinski definition) is 0. The van der Waals surface area contributed by atoms with Crippen LogP contribution in [-0.4, -0.2) is 17.9 Å². The molecule has 0 fully saturated rings. The molecule has 0 aromatic carbocycles. The average Bonchev–Trinajstić information content (AvgIpc) is 2.15.